The highest BCUT2D eigenvalue weighted by molar-refractivity contribution is 5.94. The van der Waals surface area contributed by atoms with Crippen molar-refractivity contribution in [3.05, 3.63) is 35.1 Å². The van der Waals surface area contributed by atoms with Crippen LogP contribution < -0.4 is 5.32 Å². The van der Waals surface area contributed by atoms with Crippen molar-refractivity contribution < 1.29 is 9.18 Å². The number of piperidine rings is 1. The first-order chi connectivity index (χ1) is 9.61. The van der Waals surface area contributed by atoms with Crippen LogP contribution >= 0.6 is 0 Å². The van der Waals surface area contributed by atoms with Gasteiger partial charge in [-0.15, -0.1) is 0 Å². The molecular weight excluding hydrogens is 255 g/mol. The smallest absolute Gasteiger partial charge is 0.256 e. The Bertz CT molecular complexity index is 468. The third kappa shape index (κ3) is 3.57. The quantitative estimate of drug-likeness (QED) is 0.918. The maximum Gasteiger partial charge on any atom is 0.256 e. The largest absolute Gasteiger partial charge is 0.339 e. The zero-order valence-corrected chi connectivity index (χ0v) is 12.3. The SMILES string of the molecule is CCNCC1CCN(C(=O)c2cc(C)ccc2F)CC1. The average Bonchev–Trinajstić information content (AvgIpc) is 2.47. The third-order valence-corrected chi connectivity index (χ3v) is 3.94. The van der Waals surface area contributed by atoms with Crippen molar-refractivity contribution >= 4 is 5.91 Å². The fraction of sp³-hybridized carbons (Fsp3) is 0.562. The molecule has 4 heteroatoms. The van der Waals surface area contributed by atoms with E-state index in [9.17, 15) is 9.18 Å². The first-order valence-electron chi connectivity index (χ1n) is 7.38. The monoisotopic (exact) mass is 278 g/mol. The Morgan fingerprint density at radius 3 is 2.75 bits per heavy atom. The molecule has 1 saturated heterocycles. The third-order valence-electron chi connectivity index (χ3n) is 3.94. The van der Waals surface area contributed by atoms with E-state index >= 15 is 0 Å². The minimum atomic E-state index is -0.421. The minimum absolute atomic E-state index is 0.173. The summed E-state index contributed by atoms with van der Waals surface area (Å²) in [7, 11) is 0. The number of aryl methyl sites for hydroxylation is 1. The summed E-state index contributed by atoms with van der Waals surface area (Å²) in [6.45, 7) is 7.41. The minimum Gasteiger partial charge on any atom is -0.339 e. The van der Waals surface area contributed by atoms with E-state index < -0.39 is 5.82 Å². The molecule has 0 bridgehead atoms. The lowest BCUT2D eigenvalue weighted by molar-refractivity contribution is 0.0685. The predicted molar refractivity (Wildman–Crippen MR) is 78.3 cm³/mol. The van der Waals surface area contributed by atoms with E-state index in [0.717, 1.165) is 44.6 Å². The Morgan fingerprint density at radius 1 is 1.40 bits per heavy atom. The van der Waals surface area contributed by atoms with Crippen molar-refractivity contribution in [2.75, 3.05) is 26.2 Å². The summed E-state index contributed by atoms with van der Waals surface area (Å²) in [5.41, 5.74) is 1.12. The van der Waals surface area contributed by atoms with Gasteiger partial charge in [-0.05, 0) is 50.9 Å². The van der Waals surface area contributed by atoms with Gasteiger partial charge >= 0.3 is 0 Å². The highest BCUT2D eigenvalue weighted by Gasteiger charge is 2.25. The number of hydrogen-bond donors (Lipinski definition) is 1. The second-order valence-corrected chi connectivity index (χ2v) is 5.53. The van der Waals surface area contributed by atoms with Crippen molar-refractivity contribution in [2.24, 2.45) is 5.92 Å². The Kier molecular flexibility index (Phi) is 5.12. The highest BCUT2D eigenvalue weighted by atomic mass is 19.1. The lowest BCUT2D eigenvalue weighted by Crippen LogP contribution is -2.41. The molecule has 1 aromatic carbocycles. The number of carbonyl (C=O) groups excluding carboxylic acids is 1. The van der Waals surface area contributed by atoms with Crippen LogP contribution in [0.5, 0.6) is 0 Å². The molecule has 0 spiro atoms. The van der Waals surface area contributed by atoms with Crippen LogP contribution in [0.2, 0.25) is 0 Å². The van der Waals surface area contributed by atoms with Crippen LogP contribution in [0.15, 0.2) is 18.2 Å². The number of rotatable bonds is 4. The van der Waals surface area contributed by atoms with E-state index in [1.807, 2.05) is 6.92 Å². The van der Waals surface area contributed by atoms with Crippen LogP contribution in [0.3, 0.4) is 0 Å². The van der Waals surface area contributed by atoms with Gasteiger partial charge in [-0.3, -0.25) is 4.79 Å². The summed E-state index contributed by atoms with van der Waals surface area (Å²) in [4.78, 5) is 14.1. The fourth-order valence-corrected chi connectivity index (χ4v) is 2.66. The zero-order valence-electron chi connectivity index (χ0n) is 12.3. The van der Waals surface area contributed by atoms with Crippen LogP contribution in [-0.4, -0.2) is 37.0 Å². The lowest BCUT2D eigenvalue weighted by atomic mass is 9.96. The van der Waals surface area contributed by atoms with Crippen LogP contribution in [0.1, 0.15) is 35.7 Å². The van der Waals surface area contributed by atoms with E-state index in [-0.39, 0.29) is 11.5 Å². The van der Waals surface area contributed by atoms with E-state index in [2.05, 4.69) is 12.2 Å². The maximum absolute atomic E-state index is 13.8. The van der Waals surface area contributed by atoms with Crippen LogP contribution in [0.25, 0.3) is 0 Å². The summed E-state index contributed by atoms with van der Waals surface area (Å²) >= 11 is 0. The second kappa shape index (κ2) is 6.84. The molecule has 0 aliphatic carbocycles. The van der Waals surface area contributed by atoms with Gasteiger partial charge in [0.15, 0.2) is 0 Å². The topological polar surface area (TPSA) is 32.3 Å². The Hall–Kier alpha value is -1.42. The molecule has 3 nitrogen and oxygen atoms in total. The van der Waals surface area contributed by atoms with Crippen LogP contribution in [0, 0.1) is 18.7 Å². The summed E-state index contributed by atoms with van der Waals surface area (Å²) in [6, 6.07) is 4.71. The van der Waals surface area contributed by atoms with Gasteiger partial charge in [0.05, 0.1) is 5.56 Å². The van der Waals surface area contributed by atoms with Crippen molar-refractivity contribution in [1.29, 1.82) is 0 Å². The van der Waals surface area contributed by atoms with Gasteiger partial charge in [0.2, 0.25) is 0 Å². The van der Waals surface area contributed by atoms with Gasteiger partial charge in [-0.25, -0.2) is 4.39 Å². The van der Waals surface area contributed by atoms with Gasteiger partial charge in [0.1, 0.15) is 5.82 Å². The molecule has 1 fully saturated rings. The first-order valence-corrected chi connectivity index (χ1v) is 7.38. The number of halogens is 1. The van der Waals surface area contributed by atoms with Gasteiger partial charge < -0.3 is 10.2 Å². The molecule has 110 valence electrons. The summed E-state index contributed by atoms with van der Waals surface area (Å²) < 4.78 is 13.8. The van der Waals surface area contributed by atoms with E-state index in [4.69, 9.17) is 0 Å². The number of hydrogen-bond acceptors (Lipinski definition) is 2. The molecule has 0 saturated carbocycles. The van der Waals surface area contributed by atoms with Crippen molar-refractivity contribution in [2.45, 2.75) is 26.7 Å². The van der Waals surface area contributed by atoms with Gasteiger partial charge in [-0.1, -0.05) is 18.6 Å². The molecule has 0 unspecified atom stereocenters. The summed E-state index contributed by atoms with van der Waals surface area (Å²) in [5, 5.41) is 3.35. The molecule has 1 amide bonds. The van der Waals surface area contributed by atoms with Crippen LogP contribution in [0.4, 0.5) is 4.39 Å². The van der Waals surface area contributed by atoms with E-state index in [0.29, 0.717) is 5.92 Å². The molecule has 1 aromatic rings. The Labute approximate surface area is 120 Å². The number of benzene rings is 1. The molecule has 1 aliphatic rings. The molecule has 1 N–H and O–H groups in total. The molecule has 0 radical (unpaired) electrons. The number of carbonyl (C=O) groups is 1. The normalized spacial score (nSPS) is 16.4. The summed E-state index contributed by atoms with van der Waals surface area (Å²) in [5.74, 6) is 0.0323. The second-order valence-electron chi connectivity index (χ2n) is 5.53. The van der Waals surface area contributed by atoms with Gasteiger partial charge in [0, 0.05) is 13.1 Å². The molecule has 0 atom stereocenters. The highest BCUT2D eigenvalue weighted by Crippen LogP contribution is 2.20. The predicted octanol–water partition coefficient (Wildman–Crippen LogP) is 2.60. The molecule has 0 aromatic heterocycles. The summed E-state index contributed by atoms with van der Waals surface area (Å²) in [6.07, 6.45) is 1.98. The van der Waals surface area contributed by atoms with E-state index in [1.165, 1.54) is 6.07 Å². The number of nitrogens with zero attached hydrogens (tertiary/aromatic N) is 1. The van der Waals surface area contributed by atoms with E-state index in [1.54, 1.807) is 17.0 Å². The average molecular weight is 278 g/mol. The zero-order chi connectivity index (χ0) is 14.5. The van der Waals surface area contributed by atoms with Crippen molar-refractivity contribution in [3.8, 4) is 0 Å². The van der Waals surface area contributed by atoms with Crippen LogP contribution in [-0.2, 0) is 0 Å². The standard InChI is InChI=1S/C16H23FN2O/c1-3-18-11-13-6-8-19(9-7-13)16(20)14-10-12(2)4-5-15(14)17/h4-5,10,13,18H,3,6-9,11H2,1-2H3. The first kappa shape index (κ1) is 15.0. The lowest BCUT2D eigenvalue weighted by Gasteiger charge is -2.32. The Morgan fingerprint density at radius 2 is 2.10 bits per heavy atom. The maximum atomic E-state index is 13.8. The molecule has 2 rings (SSSR count). The fourth-order valence-electron chi connectivity index (χ4n) is 2.66. The molecule has 1 heterocycles. The molecular formula is C16H23FN2O. The van der Waals surface area contributed by atoms with Gasteiger partial charge in [-0.2, -0.15) is 0 Å². The van der Waals surface area contributed by atoms with Crippen molar-refractivity contribution in [3.63, 3.8) is 0 Å². The molecule has 1 aliphatic heterocycles. The number of nitrogens with one attached hydrogen (secondary N) is 1. The molecule has 20 heavy (non-hydrogen) atoms. The Balaban J connectivity index is 1.96. The van der Waals surface area contributed by atoms with Crippen molar-refractivity contribution in [1.82, 2.24) is 10.2 Å². The number of amides is 1. The van der Waals surface area contributed by atoms with Gasteiger partial charge in [0.25, 0.3) is 5.91 Å². The number of likely N-dealkylation sites (tertiary alicyclic amines) is 1.